The van der Waals surface area contributed by atoms with Gasteiger partial charge in [-0.1, -0.05) is 17.7 Å². The van der Waals surface area contributed by atoms with E-state index >= 15 is 0 Å². The van der Waals surface area contributed by atoms with Crippen molar-refractivity contribution in [2.24, 2.45) is 5.84 Å². The fraction of sp³-hybridized carbons (Fsp3) is 0.167. The second-order valence-electron chi connectivity index (χ2n) is 3.50. The highest BCUT2D eigenvalue weighted by Crippen LogP contribution is 2.21. The lowest BCUT2D eigenvalue weighted by Crippen LogP contribution is -2.31. The fourth-order valence-electron chi connectivity index (χ4n) is 1.41. The topological polar surface area (TPSA) is 47.3 Å². The third-order valence-electron chi connectivity index (χ3n) is 2.32. The van der Waals surface area contributed by atoms with Crippen molar-refractivity contribution in [3.8, 4) is 5.75 Å². The fourth-order valence-corrected chi connectivity index (χ4v) is 2.31. The maximum Gasteiger partial charge on any atom is 0.119 e. The highest BCUT2D eigenvalue weighted by atomic mass is 35.5. The molecule has 1 aromatic heterocycles. The van der Waals surface area contributed by atoms with Crippen LogP contribution in [0.3, 0.4) is 0 Å². The van der Waals surface area contributed by atoms with Crippen LogP contribution in [0.1, 0.15) is 10.9 Å². The quantitative estimate of drug-likeness (QED) is 0.647. The molecule has 0 radical (unpaired) electrons. The zero-order valence-corrected chi connectivity index (χ0v) is 10.7. The average Bonchev–Trinajstić information content (AvgIpc) is 2.86. The molecule has 17 heavy (non-hydrogen) atoms. The Kier molecular flexibility index (Phi) is 4.39. The number of rotatable bonds is 5. The Balaban J connectivity index is 1.94. The molecule has 3 N–H and O–H groups in total. The normalized spacial score (nSPS) is 12.4. The van der Waals surface area contributed by atoms with E-state index in [0.29, 0.717) is 11.6 Å². The number of nitrogens with one attached hydrogen (secondary N) is 1. The summed E-state index contributed by atoms with van der Waals surface area (Å²) in [6.45, 7) is 0.485. The minimum absolute atomic E-state index is 0.00526. The molecule has 0 saturated heterocycles. The number of benzene rings is 1. The minimum atomic E-state index is 0.00526. The van der Waals surface area contributed by atoms with Gasteiger partial charge in [0.1, 0.15) is 12.4 Å². The SMILES string of the molecule is NNC(COc1ccc(Cl)cc1)c1cccs1. The zero-order chi connectivity index (χ0) is 12.1. The van der Waals surface area contributed by atoms with Gasteiger partial charge in [-0.2, -0.15) is 0 Å². The van der Waals surface area contributed by atoms with Crippen LogP contribution >= 0.6 is 22.9 Å². The summed E-state index contributed by atoms with van der Waals surface area (Å²) in [4.78, 5) is 1.15. The lowest BCUT2D eigenvalue weighted by Gasteiger charge is -2.15. The monoisotopic (exact) mass is 268 g/mol. The van der Waals surface area contributed by atoms with Gasteiger partial charge in [-0.25, -0.2) is 5.43 Å². The van der Waals surface area contributed by atoms with Gasteiger partial charge in [0.15, 0.2) is 0 Å². The highest BCUT2D eigenvalue weighted by molar-refractivity contribution is 7.10. The van der Waals surface area contributed by atoms with Gasteiger partial charge in [0.25, 0.3) is 0 Å². The van der Waals surface area contributed by atoms with E-state index in [1.54, 1.807) is 23.5 Å². The summed E-state index contributed by atoms with van der Waals surface area (Å²) in [6, 6.07) is 11.3. The molecule has 0 saturated carbocycles. The molecule has 0 aliphatic rings. The Bertz CT molecular complexity index is 444. The Morgan fingerprint density at radius 1 is 1.29 bits per heavy atom. The third-order valence-corrected chi connectivity index (χ3v) is 3.56. The van der Waals surface area contributed by atoms with Crippen LogP contribution in [0.2, 0.25) is 5.02 Å². The molecule has 0 fully saturated rings. The van der Waals surface area contributed by atoms with Crippen molar-refractivity contribution in [1.82, 2.24) is 5.43 Å². The molecule has 1 heterocycles. The van der Waals surface area contributed by atoms with E-state index in [9.17, 15) is 0 Å². The summed E-state index contributed by atoms with van der Waals surface area (Å²) in [7, 11) is 0. The molecule has 0 spiro atoms. The molecule has 2 rings (SSSR count). The van der Waals surface area contributed by atoms with Crippen molar-refractivity contribution in [2.45, 2.75) is 6.04 Å². The summed E-state index contributed by atoms with van der Waals surface area (Å²) in [5, 5.41) is 2.71. The summed E-state index contributed by atoms with van der Waals surface area (Å²) in [5.41, 5.74) is 2.75. The lowest BCUT2D eigenvalue weighted by molar-refractivity contribution is 0.269. The van der Waals surface area contributed by atoms with Crippen LogP contribution in [0.5, 0.6) is 5.75 Å². The van der Waals surface area contributed by atoms with E-state index in [0.717, 1.165) is 10.6 Å². The van der Waals surface area contributed by atoms with Crippen molar-refractivity contribution in [3.63, 3.8) is 0 Å². The van der Waals surface area contributed by atoms with E-state index in [4.69, 9.17) is 22.2 Å². The van der Waals surface area contributed by atoms with Gasteiger partial charge in [-0.3, -0.25) is 5.84 Å². The van der Waals surface area contributed by atoms with Gasteiger partial charge in [0.05, 0.1) is 6.04 Å². The Morgan fingerprint density at radius 2 is 2.06 bits per heavy atom. The molecular weight excluding hydrogens is 256 g/mol. The largest absolute Gasteiger partial charge is 0.492 e. The number of nitrogens with two attached hydrogens (primary N) is 1. The predicted octanol–water partition coefficient (Wildman–Crippen LogP) is 2.98. The van der Waals surface area contributed by atoms with E-state index in [1.807, 2.05) is 29.6 Å². The Labute approximate surface area is 109 Å². The van der Waals surface area contributed by atoms with Gasteiger partial charge >= 0.3 is 0 Å². The third kappa shape index (κ3) is 3.44. The van der Waals surface area contributed by atoms with Crippen LogP contribution < -0.4 is 16.0 Å². The molecule has 0 aliphatic heterocycles. The molecule has 5 heteroatoms. The molecule has 3 nitrogen and oxygen atoms in total. The van der Waals surface area contributed by atoms with E-state index in [2.05, 4.69) is 5.43 Å². The van der Waals surface area contributed by atoms with Crippen molar-refractivity contribution >= 4 is 22.9 Å². The smallest absolute Gasteiger partial charge is 0.119 e. The number of hydrazine groups is 1. The summed E-state index contributed by atoms with van der Waals surface area (Å²) in [5.74, 6) is 6.29. The molecule has 1 aromatic carbocycles. The Morgan fingerprint density at radius 3 is 2.65 bits per heavy atom. The molecule has 0 amide bonds. The number of thiophene rings is 1. The van der Waals surface area contributed by atoms with Crippen LogP contribution in [-0.2, 0) is 0 Å². The number of hydrogen-bond donors (Lipinski definition) is 2. The van der Waals surface area contributed by atoms with Crippen molar-refractivity contribution in [1.29, 1.82) is 0 Å². The Hall–Kier alpha value is -1.07. The van der Waals surface area contributed by atoms with Crippen LogP contribution in [-0.4, -0.2) is 6.61 Å². The molecular formula is C12H13ClN2OS. The van der Waals surface area contributed by atoms with Crippen LogP contribution in [0.15, 0.2) is 41.8 Å². The van der Waals surface area contributed by atoms with Gasteiger partial charge < -0.3 is 4.74 Å². The maximum atomic E-state index is 5.80. The summed E-state index contributed by atoms with van der Waals surface area (Å²) in [6.07, 6.45) is 0. The molecule has 0 aliphatic carbocycles. The van der Waals surface area contributed by atoms with Crippen molar-refractivity contribution < 1.29 is 4.74 Å². The van der Waals surface area contributed by atoms with Gasteiger partial charge in [0.2, 0.25) is 0 Å². The highest BCUT2D eigenvalue weighted by Gasteiger charge is 2.11. The molecule has 2 aromatic rings. The van der Waals surface area contributed by atoms with Gasteiger partial charge in [0, 0.05) is 9.90 Å². The zero-order valence-electron chi connectivity index (χ0n) is 9.10. The second kappa shape index (κ2) is 6.02. The first-order valence-corrected chi connectivity index (χ1v) is 6.43. The number of ether oxygens (including phenoxy) is 1. The van der Waals surface area contributed by atoms with Crippen LogP contribution in [0.25, 0.3) is 0 Å². The molecule has 0 bridgehead atoms. The van der Waals surface area contributed by atoms with Gasteiger partial charge in [-0.15, -0.1) is 11.3 Å². The number of halogens is 1. The standard InChI is InChI=1S/C12H13ClN2OS/c13-9-3-5-10(6-4-9)16-8-11(15-14)12-2-1-7-17-12/h1-7,11,15H,8,14H2. The molecule has 90 valence electrons. The van der Waals surface area contributed by atoms with Crippen molar-refractivity contribution in [3.05, 3.63) is 51.7 Å². The van der Waals surface area contributed by atoms with Crippen LogP contribution in [0, 0.1) is 0 Å². The maximum absolute atomic E-state index is 5.80. The van der Waals surface area contributed by atoms with Crippen molar-refractivity contribution in [2.75, 3.05) is 6.61 Å². The van der Waals surface area contributed by atoms with E-state index < -0.39 is 0 Å². The van der Waals surface area contributed by atoms with E-state index in [-0.39, 0.29) is 6.04 Å². The number of hydrogen-bond acceptors (Lipinski definition) is 4. The molecule has 1 atom stereocenters. The first-order chi connectivity index (χ1) is 8.29. The average molecular weight is 269 g/mol. The van der Waals surface area contributed by atoms with Crippen LogP contribution in [0.4, 0.5) is 0 Å². The molecule has 1 unspecified atom stereocenters. The van der Waals surface area contributed by atoms with Gasteiger partial charge in [-0.05, 0) is 35.7 Å². The van der Waals surface area contributed by atoms with E-state index in [1.165, 1.54) is 0 Å². The summed E-state index contributed by atoms with van der Waals surface area (Å²) < 4.78 is 5.64. The first kappa shape index (κ1) is 12.4. The second-order valence-corrected chi connectivity index (χ2v) is 4.92. The lowest BCUT2D eigenvalue weighted by atomic mass is 10.2. The summed E-state index contributed by atoms with van der Waals surface area (Å²) >= 11 is 7.45. The predicted molar refractivity (Wildman–Crippen MR) is 71.3 cm³/mol. The minimum Gasteiger partial charge on any atom is -0.492 e. The first-order valence-electron chi connectivity index (χ1n) is 5.17.